The molecule has 0 spiro atoms. The van der Waals surface area contributed by atoms with Crippen molar-refractivity contribution < 1.29 is 18.3 Å². The highest BCUT2D eigenvalue weighted by molar-refractivity contribution is 5.33. The van der Waals surface area contributed by atoms with E-state index >= 15 is 0 Å². The highest BCUT2D eigenvalue weighted by atomic mass is 19.4. The minimum Gasteiger partial charge on any atom is -0.376 e. The second-order valence-corrected chi connectivity index (χ2v) is 3.95. The van der Waals surface area contributed by atoms with Crippen LogP contribution in [-0.4, -0.2) is 11.3 Å². The Morgan fingerprint density at radius 2 is 1.40 bits per heavy atom. The van der Waals surface area contributed by atoms with Crippen molar-refractivity contribution in [2.24, 2.45) is 0 Å². The summed E-state index contributed by atoms with van der Waals surface area (Å²) in [6.07, 6.45) is -4.66. The third-order valence-electron chi connectivity index (χ3n) is 2.34. The van der Waals surface area contributed by atoms with Crippen LogP contribution in [-0.2, 0) is 5.60 Å². The summed E-state index contributed by atoms with van der Waals surface area (Å²) in [5, 5.41) is 9.45. The lowest BCUT2D eigenvalue weighted by Gasteiger charge is -2.27. The van der Waals surface area contributed by atoms with Gasteiger partial charge in [0, 0.05) is 0 Å². The van der Waals surface area contributed by atoms with Crippen molar-refractivity contribution in [2.75, 3.05) is 0 Å². The maximum Gasteiger partial charge on any atom is 0.421 e. The van der Waals surface area contributed by atoms with E-state index in [1.165, 1.54) is 12.1 Å². The van der Waals surface area contributed by atoms with E-state index in [1.54, 1.807) is 19.9 Å². The van der Waals surface area contributed by atoms with Crippen LogP contribution in [0.5, 0.6) is 0 Å². The Morgan fingerprint density at radius 1 is 1.00 bits per heavy atom. The zero-order chi connectivity index (χ0) is 11.9. The zero-order valence-electron chi connectivity index (χ0n) is 8.81. The van der Waals surface area contributed by atoms with E-state index < -0.39 is 11.8 Å². The van der Waals surface area contributed by atoms with Gasteiger partial charge in [-0.15, -0.1) is 0 Å². The smallest absolute Gasteiger partial charge is 0.376 e. The number of rotatable bonds is 1. The van der Waals surface area contributed by atoms with Crippen molar-refractivity contribution in [1.82, 2.24) is 0 Å². The van der Waals surface area contributed by atoms with E-state index in [-0.39, 0.29) is 5.56 Å². The lowest BCUT2D eigenvalue weighted by atomic mass is 9.92. The highest BCUT2D eigenvalue weighted by Crippen LogP contribution is 2.38. The minimum absolute atomic E-state index is 0.118. The van der Waals surface area contributed by atoms with Crippen LogP contribution < -0.4 is 0 Å². The van der Waals surface area contributed by atoms with Gasteiger partial charge in [0.1, 0.15) is 0 Å². The van der Waals surface area contributed by atoms with Gasteiger partial charge in [-0.25, -0.2) is 0 Å². The molecule has 1 atom stereocenters. The Morgan fingerprint density at radius 3 is 1.73 bits per heavy atom. The number of halogens is 3. The quantitative estimate of drug-likeness (QED) is 0.768. The molecule has 0 aliphatic carbocycles. The van der Waals surface area contributed by atoms with Crippen LogP contribution in [0.2, 0.25) is 0 Å². The summed E-state index contributed by atoms with van der Waals surface area (Å²) in [6, 6.07) is 4.46. The molecule has 0 fully saturated rings. The first-order valence-electron chi connectivity index (χ1n) is 4.52. The summed E-state index contributed by atoms with van der Waals surface area (Å²) in [5.74, 6) is 0. The third-order valence-corrected chi connectivity index (χ3v) is 2.34. The molecule has 0 aliphatic heterocycles. The van der Waals surface area contributed by atoms with Crippen LogP contribution in [0.4, 0.5) is 13.2 Å². The SMILES string of the molecule is Cc1cc(C)cc(C(C)(O)C(F)(F)F)c1. The molecular formula is C11H13F3O. The topological polar surface area (TPSA) is 20.2 Å². The minimum atomic E-state index is -4.66. The Balaban J connectivity index is 3.27. The average molecular weight is 218 g/mol. The summed E-state index contributed by atoms with van der Waals surface area (Å²) >= 11 is 0. The van der Waals surface area contributed by atoms with E-state index in [1.807, 2.05) is 0 Å². The number of hydrogen-bond acceptors (Lipinski definition) is 1. The first-order chi connectivity index (χ1) is 6.64. The molecule has 0 heterocycles. The van der Waals surface area contributed by atoms with Crippen LogP contribution >= 0.6 is 0 Å². The molecule has 1 aromatic rings. The second kappa shape index (κ2) is 3.52. The molecule has 0 aromatic heterocycles. The molecule has 1 rings (SSSR count). The largest absolute Gasteiger partial charge is 0.421 e. The summed E-state index contributed by atoms with van der Waals surface area (Å²) in [7, 11) is 0. The van der Waals surface area contributed by atoms with E-state index in [0.29, 0.717) is 11.1 Å². The van der Waals surface area contributed by atoms with Crippen LogP contribution in [0.25, 0.3) is 0 Å². The summed E-state index contributed by atoms with van der Waals surface area (Å²) in [6.45, 7) is 4.16. The molecular weight excluding hydrogens is 205 g/mol. The number of benzene rings is 1. The Bertz CT molecular complexity index is 346. The summed E-state index contributed by atoms with van der Waals surface area (Å²) < 4.78 is 37.6. The van der Waals surface area contributed by atoms with Crippen LogP contribution in [0.1, 0.15) is 23.6 Å². The molecule has 15 heavy (non-hydrogen) atoms. The number of aryl methyl sites for hydroxylation is 2. The van der Waals surface area contributed by atoms with E-state index in [9.17, 15) is 18.3 Å². The molecule has 0 radical (unpaired) electrons. The maximum atomic E-state index is 12.5. The van der Waals surface area contributed by atoms with Crippen LogP contribution in [0.3, 0.4) is 0 Å². The molecule has 1 N–H and O–H groups in total. The standard InChI is InChI=1S/C11H13F3O/c1-7-4-8(2)6-9(5-7)10(3,15)11(12,13)14/h4-6,15H,1-3H3. The lowest BCUT2D eigenvalue weighted by molar-refractivity contribution is -0.258. The molecule has 4 heteroatoms. The molecule has 0 amide bonds. The van der Waals surface area contributed by atoms with Gasteiger partial charge in [0.25, 0.3) is 0 Å². The average Bonchev–Trinajstić information content (AvgIpc) is 1.99. The molecule has 84 valence electrons. The van der Waals surface area contributed by atoms with E-state index in [0.717, 1.165) is 6.92 Å². The van der Waals surface area contributed by atoms with Crippen LogP contribution in [0, 0.1) is 13.8 Å². The van der Waals surface area contributed by atoms with Crippen molar-refractivity contribution in [1.29, 1.82) is 0 Å². The van der Waals surface area contributed by atoms with Gasteiger partial charge in [-0.1, -0.05) is 29.3 Å². The zero-order valence-corrected chi connectivity index (χ0v) is 8.81. The fourth-order valence-electron chi connectivity index (χ4n) is 1.42. The van der Waals surface area contributed by atoms with E-state index in [2.05, 4.69) is 0 Å². The molecule has 1 unspecified atom stereocenters. The molecule has 0 saturated heterocycles. The third kappa shape index (κ3) is 2.31. The molecule has 1 aromatic carbocycles. The van der Waals surface area contributed by atoms with E-state index in [4.69, 9.17) is 0 Å². The summed E-state index contributed by atoms with van der Waals surface area (Å²) in [4.78, 5) is 0. The van der Waals surface area contributed by atoms with Gasteiger partial charge in [-0.05, 0) is 26.3 Å². The van der Waals surface area contributed by atoms with Gasteiger partial charge in [-0.2, -0.15) is 13.2 Å². The maximum absolute atomic E-state index is 12.5. The predicted molar refractivity (Wildman–Crippen MR) is 51.5 cm³/mol. The predicted octanol–water partition coefficient (Wildman–Crippen LogP) is 3.07. The summed E-state index contributed by atoms with van der Waals surface area (Å²) in [5.41, 5.74) is -1.50. The number of hydrogen-bond donors (Lipinski definition) is 1. The van der Waals surface area contributed by atoms with Crippen molar-refractivity contribution in [3.63, 3.8) is 0 Å². The van der Waals surface area contributed by atoms with Crippen LogP contribution in [0.15, 0.2) is 18.2 Å². The molecule has 0 aliphatic rings. The lowest BCUT2D eigenvalue weighted by Crippen LogP contribution is -2.39. The first kappa shape index (κ1) is 12.0. The van der Waals surface area contributed by atoms with Crippen molar-refractivity contribution in [3.8, 4) is 0 Å². The number of aliphatic hydroxyl groups is 1. The van der Waals surface area contributed by atoms with Crippen molar-refractivity contribution in [3.05, 3.63) is 34.9 Å². The fraction of sp³-hybridized carbons (Fsp3) is 0.455. The van der Waals surface area contributed by atoms with Crippen molar-refractivity contribution >= 4 is 0 Å². The van der Waals surface area contributed by atoms with Gasteiger partial charge in [0.15, 0.2) is 5.60 Å². The Kier molecular flexibility index (Phi) is 2.83. The molecule has 0 saturated carbocycles. The normalized spacial score (nSPS) is 16.2. The Labute approximate surface area is 86.5 Å². The molecule has 1 nitrogen and oxygen atoms in total. The highest BCUT2D eigenvalue weighted by Gasteiger charge is 2.51. The van der Waals surface area contributed by atoms with Gasteiger partial charge in [-0.3, -0.25) is 0 Å². The number of alkyl halides is 3. The first-order valence-corrected chi connectivity index (χ1v) is 4.52. The van der Waals surface area contributed by atoms with Gasteiger partial charge >= 0.3 is 6.18 Å². The van der Waals surface area contributed by atoms with Gasteiger partial charge < -0.3 is 5.11 Å². The Hall–Kier alpha value is -1.03. The fourth-order valence-corrected chi connectivity index (χ4v) is 1.42. The second-order valence-electron chi connectivity index (χ2n) is 3.95. The van der Waals surface area contributed by atoms with Gasteiger partial charge in [0.2, 0.25) is 0 Å². The molecule has 0 bridgehead atoms. The monoisotopic (exact) mass is 218 g/mol. The van der Waals surface area contributed by atoms with Crippen molar-refractivity contribution in [2.45, 2.75) is 32.5 Å². The van der Waals surface area contributed by atoms with Gasteiger partial charge in [0.05, 0.1) is 0 Å².